The van der Waals surface area contributed by atoms with Gasteiger partial charge in [0.1, 0.15) is 12.2 Å². The van der Waals surface area contributed by atoms with E-state index in [2.05, 4.69) is 57.0 Å². The van der Waals surface area contributed by atoms with Crippen LogP contribution >= 0.6 is 0 Å². The van der Waals surface area contributed by atoms with Gasteiger partial charge in [0.15, 0.2) is 0 Å². The van der Waals surface area contributed by atoms with Crippen molar-refractivity contribution < 1.29 is 14.3 Å². The highest BCUT2D eigenvalue weighted by Crippen LogP contribution is 2.29. The SMILES string of the molecule is CC(=O)N[C@@H]1CO[C@@H]2[C@@H]1OC[C@@H]2Nc1nccc(-c2ccc(-c3ccccc3)cc2)n1. The maximum Gasteiger partial charge on any atom is 0.223 e. The third-order valence-corrected chi connectivity index (χ3v) is 5.70. The highest BCUT2D eigenvalue weighted by atomic mass is 16.6. The number of anilines is 1. The molecule has 158 valence electrons. The number of fused-ring (bicyclic) bond motifs is 1. The van der Waals surface area contributed by atoms with Crippen molar-refractivity contribution in [1.82, 2.24) is 15.3 Å². The number of ether oxygens (including phenoxy) is 2. The Bertz CT molecular complexity index is 1060. The Morgan fingerprint density at radius 2 is 1.52 bits per heavy atom. The minimum atomic E-state index is -0.157. The fourth-order valence-corrected chi connectivity index (χ4v) is 4.23. The second-order valence-corrected chi connectivity index (χ2v) is 7.86. The summed E-state index contributed by atoms with van der Waals surface area (Å²) in [6, 6.07) is 20.3. The lowest BCUT2D eigenvalue weighted by atomic mass is 10.0. The first-order valence-corrected chi connectivity index (χ1v) is 10.4. The fraction of sp³-hybridized carbons (Fsp3) is 0.292. The molecule has 2 aliphatic rings. The van der Waals surface area contributed by atoms with E-state index in [-0.39, 0.29) is 30.2 Å². The average molecular weight is 416 g/mol. The second kappa shape index (κ2) is 8.45. The molecule has 0 unspecified atom stereocenters. The lowest BCUT2D eigenvalue weighted by molar-refractivity contribution is -0.120. The summed E-state index contributed by atoms with van der Waals surface area (Å²) < 4.78 is 11.8. The maximum absolute atomic E-state index is 11.4. The molecule has 0 spiro atoms. The first-order valence-electron chi connectivity index (χ1n) is 10.4. The predicted octanol–water partition coefficient (Wildman–Crippen LogP) is 2.89. The number of carbonyl (C=O) groups excluding carboxylic acids is 1. The molecule has 2 N–H and O–H groups in total. The third kappa shape index (κ3) is 4.15. The molecular formula is C24H24N4O3. The van der Waals surface area contributed by atoms with E-state index in [4.69, 9.17) is 9.47 Å². The molecule has 4 atom stereocenters. The van der Waals surface area contributed by atoms with E-state index in [9.17, 15) is 4.79 Å². The van der Waals surface area contributed by atoms with Gasteiger partial charge in [0.25, 0.3) is 0 Å². The molecule has 0 radical (unpaired) electrons. The maximum atomic E-state index is 11.4. The Morgan fingerprint density at radius 1 is 0.871 bits per heavy atom. The number of nitrogens with zero attached hydrogens (tertiary/aromatic N) is 2. The zero-order valence-corrected chi connectivity index (χ0v) is 17.2. The molecule has 0 saturated carbocycles. The minimum absolute atomic E-state index is 0.0699. The first kappa shape index (κ1) is 19.7. The molecule has 3 heterocycles. The van der Waals surface area contributed by atoms with E-state index in [1.807, 2.05) is 24.3 Å². The van der Waals surface area contributed by atoms with Crippen molar-refractivity contribution in [3.8, 4) is 22.4 Å². The average Bonchev–Trinajstić information content (AvgIpc) is 3.38. The zero-order valence-electron chi connectivity index (χ0n) is 17.2. The Morgan fingerprint density at radius 3 is 2.26 bits per heavy atom. The lowest BCUT2D eigenvalue weighted by Crippen LogP contribution is -2.44. The van der Waals surface area contributed by atoms with Crippen molar-refractivity contribution >= 4 is 11.9 Å². The number of hydrogen-bond acceptors (Lipinski definition) is 6. The Hall–Kier alpha value is -3.29. The molecule has 5 rings (SSSR count). The van der Waals surface area contributed by atoms with Gasteiger partial charge in [-0.1, -0.05) is 54.6 Å². The molecule has 0 aliphatic carbocycles. The van der Waals surface area contributed by atoms with Gasteiger partial charge in [-0.3, -0.25) is 4.79 Å². The smallest absolute Gasteiger partial charge is 0.223 e. The standard InChI is InChI=1S/C24H24N4O3/c1-15(29)26-20-13-30-23-21(14-31-22(20)23)28-24-25-12-11-19(27-24)18-9-7-17(8-10-18)16-5-3-2-4-6-16/h2-12,20-23H,13-14H2,1H3,(H,26,29)(H,25,27,28)/t20-,21+,22-,23+/m1/s1. The van der Waals surface area contributed by atoms with Gasteiger partial charge >= 0.3 is 0 Å². The number of nitrogens with one attached hydrogen (secondary N) is 2. The number of benzene rings is 2. The van der Waals surface area contributed by atoms with Crippen molar-refractivity contribution in [2.24, 2.45) is 0 Å². The van der Waals surface area contributed by atoms with Crippen LogP contribution < -0.4 is 10.6 Å². The van der Waals surface area contributed by atoms with E-state index < -0.39 is 0 Å². The zero-order chi connectivity index (χ0) is 21.2. The van der Waals surface area contributed by atoms with Crippen LogP contribution in [0.5, 0.6) is 0 Å². The van der Waals surface area contributed by atoms with E-state index in [0.717, 1.165) is 16.8 Å². The van der Waals surface area contributed by atoms with Crippen molar-refractivity contribution in [3.63, 3.8) is 0 Å². The van der Waals surface area contributed by atoms with E-state index in [1.165, 1.54) is 12.5 Å². The van der Waals surface area contributed by atoms with Crippen LogP contribution in [0.2, 0.25) is 0 Å². The van der Waals surface area contributed by atoms with Crippen LogP contribution in [-0.2, 0) is 14.3 Å². The second-order valence-electron chi connectivity index (χ2n) is 7.86. The molecule has 1 aromatic heterocycles. The number of rotatable bonds is 5. The summed E-state index contributed by atoms with van der Waals surface area (Å²) in [5, 5.41) is 6.25. The molecule has 7 nitrogen and oxygen atoms in total. The monoisotopic (exact) mass is 416 g/mol. The van der Waals surface area contributed by atoms with Gasteiger partial charge in [0.05, 0.1) is 31.0 Å². The first-order chi connectivity index (χ1) is 15.2. The molecule has 7 heteroatoms. The molecule has 2 aliphatic heterocycles. The summed E-state index contributed by atoms with van der Waals surface area (Å²) in [4.78, 5) is 20.4. The predicted molar refractivity (Wildman–Crippen MR) is 117 cm³/mol. The van der Waals surface area contributed by atoms with Gasteiger partial charge in [-0.25, -0.2) is 9.97 Å². The molecule has 0 bridgehead atoms. The molecule has 2 saturated heterocycles. The van der Waals surface area contributed by atoms with Crippen LogP contribution in [-0.4, -0.2) is 53.4 Å². The highest BCUT2D eigenvalue weighted by molar-refractivity contribution is 5.73. The largest absolute Gasteiger partial charge is 0.371 e. The van der Waals surface area contributed by atoms with Crippen LogP contribution in [0.15, 0.2) is 66.9 Å². The molecule has 3 aromatic rings. The number of amides is 1. The van der Waals surface area contributed by atoms with E-state index >= 15 is 0 Å². The summed E-state index contributed by atoms with van der Waals surface area (Å²) in [6.07, 6.45) is 1.45. The topological polar surface area (TPSA) is 85.4 Å². The summed E-state index contributed by atoms with van der Waals surface area (Å²) in [7, 11) is 0. The minimum Gasteiger partial charge on any atom is -0.371 e. The molecule has 2 fully saturated rings. The van der Waals surface area contributed by atoms with E-state index in [1.54, 1.807) is 6.20 Å². The van der Waals surface area contributed by atoms with Gasteiger partial charge < -0.3 is 20.1 Å². The van der Waals surface area contributed by atoms with Crippen LogP contribution in [0.4, 0.5) is 5.95 Å². The van der Waals surface area contributed by atoms with Crippen molar-refractivity contribution in [2.75, 3.05) is 18.5 Å². The van der Waals surface area contributed by atoms with Crippen molar-refractivity contribution in [3.05, 3.63) is 66.9 Å². The molecular weight excluding hydrogens is 392 g/mol. The lowest BCUT2D eigenvalue weighted by Gasteiger charge is -2.18. The summed E-state index contributed by atoms with van der Waals surface area (Å²) in [6.45, 7) is 2.43. The van der Waals surface area contributed by atoms with Gasteiger partial charge in [-0.05, 0) is 17.2 Å². The molecule has 2 aromatic carbocycles. The Kier molecular flexibility index (Phi) is 5.36. The van der Waals surface area contributed by atoms with Gasteiger partial charge in [0, 0.05) is 18.7 Å². The third-order valence-electron chi connectivity index (χ3n) is 5.70. The number of carbonyl (C=O) groups is 1. The van der Waals surface area contributed by atoms with Crippen LogP contribution in [0, 0.1) is 0 Å². The number of hydrogen-bond donors (Lipinski definition) is 2. The number of aromatic nitrogens is 2. The van der Waals surface area contributed by atoms with Crippen LogP contribution in [0.1, 0.15) is 6.92 Å². The van der Waals surface area contributed by atoms with E-state index in [0.29, 0.717) is 19.2 Å². The van der Waals surface area contributed by atoms with Crippen molar-refractivity contribution in [1.29, 1.82) is 0 Å². The molecule has 1 amide bonds. The van der Waals surface area contributed by atoms with Crippen LogP contribution in [0.3, 0.4) is 0 Å². The quantitative estimate of drug-likeness (QED) is 0.665. The highest BCUT2D eigenvalue weighted by Gasteiger charge is 2.48. The molecule has 31 heavy (non-hydrogen) atoms. The summed E-state index contributed by atoms with van der Waals surface area (Å²) in [5.41, 5.74) is 4.21. The summed E-state index contributed by atoms with van der Waals surface area (Å²) in [5.74, 6) is 0.453. The van der Waals surface area contributed by atoms with Crippen LogP contribution in [0.25, 0.3) is 22.4 Å². The van der Waals surface area contributed by atoms with Crippen molar-refractivity contribution in [2.45, 2.75) is 31.2 Å². The summed E-state index contributed by atoms with van der Waals surface area (Å²) >= 11 is 0. The van der Waals surface area contributed by atoms with Gasteiger partial charge in [-0.15, -0.1) is 0 Å². The fourth-order valence-electron chi connectivity index (χ4n) is 4.23. The van der Waals surface area contributed by atoms with Gasteiger partial charge in [0.2, 0.25) is 11.9 Å². The Labute approximate surface area is 180 Å². The normalized spacial score (nSPS) is 24.5. The van der Waals surface area contributed by atoms with Gasteiger partial charge in [-0.2, -0.15) is 0 Å². The Balaban J connectivity index is 1.28.